The van der Waals surface area contributed by atoms with Gasteiger partial charge in [0.1, 0.15) is 0 Å². The SMILES string of the molecule is CC1(C)c2ccccc2-c2ccc(-c3c4ccccc4c(-c4ccc(-c5ccc(-c6c7ccccc7c(-c7ccccc7)c7c6cnc6ccccc67)cc5)cc4)c4cnc5ccccc5c34)cc21. The molecule has 11 aromatic carbocycles. The fraction of sp³-hybridized carbons (Fsp3) is 0.0448. The van der Waals surface area contributed by atoms with Gasteiger partial charge in [0.05, 0.1) is 11.0 Å². The number of benzene rings is 11. The van der Waals surface area contributed by atoms with Crippen molar-refractivity contribution in [3.63, 3.8) is 0 Å². The van der Waals surface area contributed by atoms with Crippen LogP contribution in [-0.2, 0) is 5.41 Å². The summed E-state index contributed by atoms with van der Waals surface area (Å²) >= 11 is 0. The van der Waals surface area contributed by atoms with Crippen LogP contribution < -0.4 is 0 Å². The van der Waals surface area contributed by atoms with E-state index in [1.807, 2.05) is 0 Å². The van der Waals surface area contributed by atoms with Gasteiger partial charge in [0.25, 0.3) is 0 Å². The number of hydrogen-bond donors (Lipinski definition) is 0. The molecule has 2 heterocycles. The summed E-state index contributed by atoms with van der Waals surface area (Å²) in [5.74, 6) is 0. The van der Waals surface area contributed by atoms with E-state index in [4.69, 9.17) is 9.97 Å². The third-order valence-corrected chi connectivity index (χ3v) is 15.1. The van der Waals surface area contributed by atoms with Crippen LogP contribution in [-0.4, -0.2) is 9.97 Å². The molecular weight excluding hydrogens is 833 g/mol. The second-order valence-electron chi connectivity index (χ2n) is 19.2. The zero-order valence-corrected chi connectivity index (χ0v) is 38.3. The molecule has 69 heavy (non-hydrogen) atoms. The molecule has 0 fully saturated rings. The fourth-order valence-corrected chi connectivity index (χ4v) is 11.9. The molecule has 1 aliphatic rings. The Bertz CT molecular complexity index is 4240. The summed E-state index contributed by atoms with van der Waals surface area (Å²) in [5, 5.41) is 12.0. The van der Waals surface area contributed by atoms with E-state index in [9.17, 15) is 0 Å². The maximum Gasteiger partial charge on any atom is 0.0708 e. The Morgan fingerprint density at radius 3 is 1.19 bits per heavy atom. The van der Waals surface area contributed by atoms with Gasteiger partial charge < -0.3 is 0 Å². The Labute approximate surface area is 400 Å². The molecule has 0 bridgehead atoms. The fourth-order valence-electron chi connectivity index (χ4n) is 11.9. The summed E-state index contributed by atoms with van der Waals surface area (Å²) in [6.07, 6.45) is 4.20. The molecule has 2 aromatic heterocycles. The first kappa shape index (κ1) is 39.4. The van der Waals surface area contributed by atoms with Gasteiger partial charge in [-0.2, -0.15) is 0 Å². The predicted octanol–water partition coefficient (Wildman–Crippen LogP) is 18.0. The van der Waals surface area contributed by atoms with E-state index in [2.05, 4.69) is 245 Å². The van der Waals surface area contributed by atoms with Gasteiger partial charge in [0.15, 0.2) is 0 Å². The van der Waals surface area contributed by atoms with Crippen LogP contribution in [0.1, 0.15) is 25.0 Å². The van der Waals surface area contributed by atoms with E-state index in [1.54, 1.807) is 0 Å². The van der Waals surface area contributed by atoms with E-state index in [-0.39, 0.29) is 5.41 Å². The molecule has 0 amide bonds. The highest BCUT2D eigenvalue weighted by atomic mass is 14.7. The molecule has 0 unspecified atom stereocenters. The molecule has 0 radical (unpaired) electrons. The molecule has 2 nitrogen and oxygen atoms in total. The van der Waals surface area contributed by atoms with Crippen LogP contribution in [0.25, 0.3) is 132 Å². The van der Waals surface area contributed by atoms with Crippen molar-refractivity contribution in [2.24, 2.45) is 0 Å². The Hall–Kier alpha value is -8.72. The summed E-state index contributed by atoms with van der Waals surface area (Å²) < 4.78 is 0. The van der Waals surface area contributed by atoms with Gasteiger partial charge in [-0.1, -0.05) is 214 Å². The lowest BCUT2D eigenvalue weighted by molar-refractivity contribution is 0.660. The van der Waals surface area contributed by atoms with Crippen LogP contribution in [0.2, 0.25) is 0 Å². The van der Waals surface area contributed by atoms with E-state index in [1.165, 1.54) is 110 Å². The van der Waals surface area contributed by atoms with E-state index in [0.29, 0.717) is 0 Å². The van der Waals surface area contributed by atoms with Gasteiger partial charge in [-0.25, -0.2) is 0 Å². The maximum atomic E-state index is 5.11. The molecule has 13 aromatic rings. The molecule has 322 valence electrons. The second-order valence-corrected chi connectivity index (χ2v) is 19.2. The maximum absolute atomic E-state index is 5.11. The molecule has 1 aliphatic carbocycles. The molecule has 0 saturated heterocycles. The van der Waals surface area contributed by atoms with E-state index in [0.717, 1.165) is 32.6 Å². The quantitative estimate of drug-likeness (QED) is 0.127. The highest BCUT2D eigenvalue weighted by Crippen LogP contribution is 2.52. The van der Waals surface area contributed by atoms with Gasteiger partial charge >= 0.3 is 0 Å². The van der Waals surface area contributed by atoms with Gasteiger partial charge in [-0.05, 0) is 118 Å². The average Bonchev–Trinajstić information content (AvgIpc) is 3.64. The summed E-state index contributed by atoms with van der Waals surface area (Å²) in [6.45, 7) is 4.73. The highest BCUT2D eigenvalue weighted by molar-refractivity contribution is 6.29. The van der Waals surface area contributed by atoms with Gasteiger partial charge in [-0.15, -0.1) is 0 Å². The molecule has 0 aliphatic heterocycles. The van der Waals surface area contributed by atoms with Crippen molar-refractivity contribution >= 4 is 64.9 Å². The summed E-state index contributed by atoms with van der Waals surface area (Å²) in [7, 11) is 0. The van der Waals surface area contributed by atoms with Crippen molar-refractivity contribution in [2.75, 3.05) is 0 Å². The first-order valence-corrected chi connectivity index (χ1v) is 24.0. The normalized spacial score (nSPS) is 12.9. The Kier molecular flexibility index (Phi) is 8.66. The second kappa shape index (κ2) is 15.2. The predicted molar refractivity (Wildman–Crippen MR) is 292 cm³/mol. The summed E-state index contributed by atoms with van der Waals surface area (Å²) in [5.41, 5.74) is 19.3. The minimum absolute atomic E-state index is 0.108. The van der Waals surface area contributed by atoms with Crippen LogP contribution in [0, 0.1) is 0 Å². The van der Waals surface area contributed by atoms with Crippen molar-refractivity contribution in [1.29, 1.82) is 0 Å². The van der Waals surface area contributed by atoms with Crippen LogP contribution in [0.3, 0.4) is 0 Å². The van der Waals surface area contributed by atoms with Crippen LogP contribution in [0.4, 0.5) is 0 Å². The molecule has 0 saturated carbocycles. The number of hydrogen-bond acceptors (Lipinski definition) is 2. The van der Waals surface area contributed by atoms with Gasteiger partial charge in [-0.3, -0.25) is 9.97 Å². The van der Waals surface area contributed by atoms with Crippen molar-refractivity contribution in [2.45, 2.75) is 19.3 Å². The largest absolute Gasteiger partial charge is 0.256 e. The average molecular weight is 877 g/mol. The Morgan fingerprint density at radius 2 is 0.652 bits per heavy atom. The number of pyridine rings is 2. The molecule has 0 N–H and O–H groups in total. The molecular formula is C67H44N2. The molecule has 0 spiro atoms. The zero-order valence-electron chi connectivity index (χ0n) is 38.3. The first-order valence-electron chi connectivity index (χ1n) is 24.0. The number of aromatic nitrogens is 2. The van der Waals surface area contributed by atoms with Crippen LogP contribution in [0.15, 0.2) is 231 Å². The number of fused-ring (bicyclic) bond motifs is 11. The highest BCUT2D eigenvalue weighted by Gasteiger charge is 2.35. The summed E-state index contributed by atoms with van der Waals surface area (Å²) in [4.78, 5) is 10.1. The lowest BCUT2D eigenvalue weighted by Gasteiger charge is -2.23. The lowest BCUT2D eigenvalue weighted by Crippen LogP contribution is -2.14. The van der Waals surface area contributed by atoms with Crippen molar-refractivity contribution in [3.05, 3.63) is 242 Å². The minimum atomic E-state index is -0.108. The Morgan fingerprint density at radius 1 is 0.275 bits per heavy atom. The topological polar surface area (TPSA) is 25.8 Å². The lowest BCUT2D eigenvalue weighted by atomic mass is 9.80. The van der Waals surface area contributed by atoms with Crippen molar-refractivity contribution in [3.8, 4) is 66.8 Å². The smallest absolute Gasteiger partial charge is 0.0708 e. The third kappa shape index (κ3) is 5.92. The van der Waals surface area contributed by atoms with Gasteiger partial charge in [0, 0.05) is 50.1 Å². The van der Waals surface area contributed by atoms with Crippen molar-refractivity contribution in [1.82, 2.24) is 9.97 Å². The van der Waals surface area contributed by atoms with E-state index < -0.39 is 0 Å². The molecule has 0 atom stereocenters. The first-order chi connectivity index (χ1) is 34.0. The number of rotatable bonds is 5. The zero-order chi connectivity index (χ0) is 45.8. The minimum Gasteiger partial charge on any atom is -0.256 e. The molecule has 14 rings (SSSR count). The number of para-hydroxylation sites is 2. The third-order valence-electron chi connectivity index (χ3n) is 15.1. The summed E-state index contributed by atoms with van der Waals surface area (Å²) in [6, 6.07) is 80.1. The standard InChI is InChI=1S/C67H44N2/c1-67(2)57-25-13-10-18-47(57)48-37-36-46(38-58(48)67)64-52-22-9-7-20-50(52)62(56-40-69-60-27-15-12-24-54(60)66(56)64)45-34-30-42(31-35-45)41-28-32-44(33-29-41)61-49-19-6-8-21-51(49)63(43-16-4-3-5-17-43)65-53-23-11-14-26-59(53)68-39-55(61)65/h3-40H,1-2H3. The molecule has 2 heteroatoms. The van der Waals surface area contributed by atoms with Crippen LogP contribution >= 0.6 is 0 Å². The van der Waals surface area contributed by atoms with Crippen molar-refractivity contribution < 1.29 is 0 Å². The van der Waals surface area contributed by atoms with Crippen LogP contribution in [0.5, 0.6) is 0 Å². The Balaban J connectivity index is 0.906. The van der Waals surface area contributed by atoms with Gasteiger partial charge in [0.2, 0.25) is 0 Å². The monoisotopic (exact) mass is 876 g/mol. The van der Waals surface area contributed by atoms with E-state index >= 15 is 0 Å². The number of nitrogens with zero attached hydrogens (tertiary/aromatic N) is 2.